The van der Waals surface area contributed by atoms with E-state index in [-0.39, 0.29) is 22.1 Å². The Morgan fingerprint density at radius 2 is 2.00 bits per heavy atom. The lowest BCUT2D eigenvalue weighted by molar-refractivity contribution is -0.149. The number of thiophene rings is 1. The zero-order valence-corrected chi connectivity index (χ0v) is 19.3. The SMILES string of the molecule is O=C(O)C(=O)Cn1c(F)ccc(-c2cc(NCc3ccc(Cl)s3)n(C(=O)c3nccs3)n2)c1=O. The van der Waals surface area contributed by atoms with Crippen LogP contribution in [0.15, 0.2) is 46.7 Å². The van der Waals surface area contributed by atoms with E-state index in [0.29, 0.717) is 15.4 Å². The van der Waals surface area contributed by atoms with Crippen molar-refractivity contribution in [2.24, 2.45) is 0 Å². The van der Waals surface area contributed by atoms with Gasteiger partial charge in [0.25, 0.3) is 11.3 Å². The number of pyridine rings is 1. The number of anilines is 1. The molecule has 0 aliphatic rings. The van der Waals surface area contributed by atoms with E-state index in [1.165, 1.54) is 23.6 Å². The third-order valence-electron chi connectivity index (χ3n) is 4.53. The number of ketones is 1. The highest BCUT2D eigenvalue weighted by Gasteiger charge is 2.22. The van der Waals surface area contributed by atoms with Gasteiger partial charge in [0.1, 0.15) is 11.5 Å². The van der Waals surface area contributed by atoms with E-state index < -0.39 is 35.7 Å². The number of thiazole rings is 1. The number of halogens is 2. The maximum absolute atomic E-state index is 14.2. The van der Waals surface area contributed by atoms with Crippen LogP contribution in [-0.4, -0.2) is 42.1 Å². The van der Waals surface area contributed by atoms with Gasteiger partial charge in [-0.1, -0.05) is 11.6 Å². The summed E-state index contributed by atoms with van der Waals surface area (Å²) >= 11 is 8.40. The molecule has 0 aliphatic carbocycles. The van der Waals surface area contributed by atoms with Gasteiger partial charge in [0, 0.05) is 22.5 Å². The van der Waals surface area contributed by atoms with Crippen molar-refractivity contribution in [3.8, 4) is 11.3 Å². The maximum atomic E-state index is 14.2. The third kappa shape index (κ3) is 4.81. The number of carboxylic acids is 1. The molecule has 4 rings (SSSR count). The second-order valence-corrected chi connectivity index (χ2v) is 9.41. The number of hydrogen-bond acceptors (Lipinski definition) is 9. The van der Waals surface area contributed by atoms with E-state index in [1.54, 1.807) is 11.4 Å². The highest BCUT2D eigenvalue weighted by molar-refractivity contribution is 7.16. The summed E-state index contributed by atoms with van der Waals surface area (Å²) in [5.74, 6) is -4.57. The molecule has 14 heteroatoms. The molecule has 0 saturated carbocycles. The van der Waals surface area contributed by atoms with E-state index in [1.807, 2.05) is 6.07 Å². The standard InChI is InChI=1S/C20H13ClFN5O5S2/c21-14-3-1-10(34-14)8-24-16-7-12(25-27(16)19(30)17-23-5-6-33-17)11-2-4-15(22)26(18(11)29)9-13(28)20(31)32/h1-7,24H,8-9H2,(H,31,32). The Kier molecular flexibility index (Phi) is 6.68. The molecule has 0 saturated heterocycles. The molecule has 0 unspecified atom stereocenters. The summed E-state index contributed by atoms with van der Waals surface area (Å²) in [5, 5.41) is 17.8. The number of aromatic nitrogens is 4. The fourth-order valence-electron chi connectivity index (χ4n) is 2.95. The average molecular weight is 522 g/mol. The molecular formula is C20H13ClFN5O5S2. The van der Waals surface area contributed by atoms with Crippen LogP contribution in [-0.2, 0) is 22.7 Å². The summed E-state index contributed by atoms with van der Waals surface area (Å²) < 4.78 is 16.2. The zero-order chi connectivity index (χ0) is 24.4. The molecule has 0 aliphatic heterocycles. The molecule has 4 aromatic rings. The smallest absolute Gasteiger partial charge is 0.374 e. The first kappa shape index (κ1) is 23.5. The van der Waals surface area contributed by atoms with Gasteiger partial charge in [-0.3, -0.25) is 19.0 Å². The lowest BCUT2D eigenvalue weighted by Crippen LogP contribution is -2.30. The van der Waals surface area contributed by atoms with Crippen LogP contribution < -0.4 is 10.9 Å². The van der Waals surface area contributed by atoms with E-state index in [2.05, 4.69) is 15.4 Å². The van der Waals surface area contributed by atoms with Crippen molar-refractivity contribution in [3.63, 3.8) is 0 Å². The van der Waals surface area contributed by atoms with E-state index >= 15 is 0 Å². The van der Waals surface area contributed by atoms with Crippen molar-refractivity contribution in [2.45, 2.75) is 13.1 Å². The average Bonchev–Trinajstić information content (AvgIpc) is 3.55. The molecular weight excluding hydrogens is 509 g/mol. The van der Waals surface area contributed by atoms with Crippen LogP contribution in [0, 0.1) is 5.95 Å². The Morgan fingerprint density at radius 1 is 1.21 bits per heavy atom. The molecule has 0 radical (unpaired) electrons. The van der Waals surface area contributed by atoms with Crippen molar-refractivity contribution in [1.29, 1.82) is 0 Å². The molecule has 0 aromatic carbocycles. The quantitative estimate of drug-likeness (QED) is 0.267. The molecule has 0 bridgehead atoms. The van der Waals surface area contributed by atoms with E-state index in [4.69, 9.17) is 16.7 Å². The summed E-state index contributed by atoms with van der Waals surface area (Å²) in [5.41, 5.74) is -1.09. The molecule has 4 heterocycles. The number of carbonyl (C=O) groups excluding carboxylic acids is 2. The number of nitrogens with zero attached hydrogens (tertiary/aromatic N) is 4. The summed E-state index contributed by atoms with van der Waals surface area (Å²) in [4.78, 5) is 53.1. The number of nitrogens with one attached hydrogen (secondary N) is 1. The van der Waals surface area contributed by atoms with Crippen LogP contribution in [0.25, 0.3) is 11.3 Å². The fraction of sp³-hybridized carbons (Fsp3) is 0.100. The number of rotatable bonds is 8. The Labute approximate surface area is 202 Å². The van der Waals surface area contributed by atoms with Crippen molar-refractivity contribution < 1.29 is 23.9 Å². The largest absolute Gasteiger partial charge is 0.475 e. The minimum absolute atomic E-state index is 0.0122. The van der Waals surface area contributed by atoms with Gasteiger partial charge in [0.05, 0.1) is 23.0 Å². The predicted molar refractivity (Wildman–Crippen MR) is 123 cm³/mol. The Balaban J connectivity index is 1.75. The van der Waals surface area contributed by atoms with Crippen LogP contribution in [0.2, 0.25) is 4.34 Å². The lowest BCUT2D eigenvalue weighted by atomic mass is 10.2. The zero-order valence-electron chi connectivity index (χ0n) is 16.9. The summed E-state index contributed by atoms with van der Waals surface area (Å²) in [6, 6.07) is 7.00. The second-order valence-electron chi connectivity index (χ2n) is 6.72. The molecule has 0 atom stereocenters. The summed E-state index contributed by atoms with van der Waals surface area (Å²) in [6.07, 6.45) is 1.46. The van der Waals surface area contributed by atoms with Crippen molar-refractivity contribution >= 4 is 57.8 Å². The number of carboxylic acid groups (broad SMARTS) is 1. The molecule has 0 spiro atoms. The molecule has 34 heavy (non-hydrogen) atoms. The number of aliphatic carboxylic acids is 1. The van der Waals surface area contributed by atoms with Crippen LogP contribution in [0.3, 0.4) is 0 Å². The van der Waals surface area contributed by atoms with Gasteiger partial charge in [0.2, 0.25) is 0 Å². The van der Waals surface area contributed by atoms with Gasteiger partial charge in [-0.25, -0.2) is 9.78 Å². The lowest BCUT2D eigenvalue weighted by Gasteiger charge is -2.06. The summed E-state index contributed by atoms with van der Waals surface area (Å²) in [7, 11) is 0. The Bertz CT molecular complexity index is 1460. The second kappa shape index (κ2) is 9.67. The minimum atomic E-state index is -1.80. The van der Waals surface area contributed by atoms with Crippen LogP contribution >= 0.6 is 34.3 Å². The van der Waals surface area contributed by atoms with Gasteiger partial charge in [-0.15, -0.1) is 22.7 Å². The number of carbonyl (C=O) groups is 3. The van der Waals surface area contributed by atoms with Crippen molar-refractivity contribution in [2.75, 3.05) is 5.32 Å². The van der Waals surface area contributed by atoms with Crippen LogP contribution in [0.5, 0.6) is 0 Å². The highest BCUT2D eigenvalue weighted by atomic mass is 35.5. The minimum Gasteiger partial charge on any atom is -0.475 e. The number of hydrogen-bond donors (Lipinski definition) is 2. The van der Waals surface area contributed by atoms with Gasteiger partial charge in [-0.05, 0) is 24.3 Å². The van der Waals surface area contributed by atoms with Crippen LogP contribution in [0.4, 0.5) is 10.2 Å². The maximum Gasteiger partial charge on any atom is 0.374 e. The van der Waals surface area contributed by atoms with Crippen LogP contribution in [0.1, 0.15) is 14.7 Å². The highest BCUT2D eigenvalue weighted by Crippen LogP contribution is 2.25. The van der Waals surface area contributed by atoms with E-state index in [9.17, 15) is 23.6 Å². The Morgan fingerprint density at radius 3 is 2.65 bits per heavy atom. The topological polar surface area (TPSA) is 136 Å². The van der Waals surface area contributed by atoms with Gasteiger partial charge < -0.3 is 10.4 Å². The first-order valence-electron chi connectivity index (χ1n) is 9.42. The first-order chi connectivity index (χ1) is 16.2. The van der Waals surface area contributed by atoms with Gasteiger partial charge >= 0.3 is 11.9 Å². The third-order valence-corrected chi connectivity index (χ3v) is 6.52. The molecule has 0 amide bonds. The van der Waals surface area contributed by atoms with Gasteiger partial charge in [0.15, 0.2) is 11.0 Å². The predicted octanol–water partition coefficient (Wildman–Crippen LogP) is 2.98. The monoisotopic (exact) mass is 521 g/mol. The molecule has 2 N–H and O–H groups in total. The van der Waals surface area contributed by atoms with Crippen molar-refractivity contribution in [3.05, 3.63) is 72.4 Å². The summed E-state index contributed by atoms with van der Waals surface area (Å²) in [6.45, 7) is -0.689. The Hall–Kier alpha value is -3.68. The molecule has 0 fully saturated rings. The number of Topliss-reactive ketones (excluding diaryl/α,β-unsaturated/α-hetero) is 1. The van der Waals surface area contributed by atoms with Crippen molar-refractivity contribution in [1.82, 2.24) is 19.3 Å². The molecule has 174 valence electrons. The normalized spacial score (nSPS) is 10.9. The molecule has 10 nitrogen and oxygen atoms in total. The molecule has 4 aromatic heterocycles. The van der Waals surface area contributed by atoms with E-state index in [0.717, 1.165) is 33.0 Å². The first-order valence-corrected chi connectivity index (χ1v) is 11.5. The van der Waals surface area contributed by atoms with Gasteiger partial charge in [-0.2, -0.15) is 14.2 Å². The fourth-order valence-corrected chi connectivity index (χ4v) is 4.53.